The van der Waals surface area contributed by atoms with E-state index in [9.17, 15) is 14.4 Å². The number of nitrogens with zero attached hydrogens (tertiary/aromatic N) is 3. The quantitative estimate of drug-likeness (QED) is 0.459. The van der Waals surface area contributed by atoms with Gasteiger partial charge in [0, 0.05) is 61.9 Å². The average Bonchev–Trinajstić information content (AvgIpc) is 2.89. The van der Waals surface area contributed by atoms with Gasteiger partial charge in [-0.25, -0.2) is 0 Å². The van der Waals surface area contributed by atoms with Crippen molar-refractivity contribution < 1.29 is 19.1 Å². The summed E-state index contributed by atoms with van der Waals surface area (Å²) in [6.07, 6.45) is 1.15. The monoisotopic (exact) mass is 638 g/mol. The number of carbonyl (C=O) groups is 3. The first-order valence-corrected chi connectivity index (χ1v) is 14.6. The Morgan fingerprint density at radius 3 is 2.31 bits per heavy atom. The summed E-state index contributed by atoms with van der Waals surface area (Å²) in [4.78, 5) is 43.9. The molecule has 0 saturated carbocycles. The van der Waals surface area contributed by atoms with Crippen LogP contribution in [0.3, 0.4) is 0 Å². The van der Waals surface area contributed by atoms with Crippen LogP contribution in [-0.4, -0.2) is 78.2 Å². The van der Waals surface area contributed by atoms with Gasteiger partial charge < -0.3 is 19.9 Å². The highest BCUT2D eigenvalue weighted by molar-refractivity contribution is 9.10. The Morgan fingerprint density at radius 2 is 1.64 bits per heavy atom. The van der Waals surface area contributed by atoms with Gasteiger partial charge >= 0.3 is 11.8 Å². The molecule has 11 heteroatoms. The summed E-state index contributed by atoms with van der Waals surface area (Å²) < 4.78 is 6.77. The Balaban J connectivity index is 1.27. The molecule has 3 amide bonds. The lowest BCUT2D eigenvalue weighted by molar-refractivity contribution is -0.147. The molecule has 2 unspecified atom stereocenters. The molecule has 0 bridgehead atoms. The van der Waals surface area contributed by atoms with Crippen LogP contribution in [0.1, 0.15) is 25.8 Å². The molecule has 2 saturated heterocycles. The van der Waals surface area contributed by atoms with Gasteiger partial charge in [0.2, 0.25) is 5.91 Å². The van der Waals surface area contributed by atoms with Crippen LogP contribution in [0, 0.1) is 11.8 Å². The summed E-state index contributed by atoms with van der Waals surface area (Å²) >= 11 is 15.5. The molecule has 2 atom stereocenters. The Labute approximate surface area is 247 Å². The first kappa shape index (κ1) is 29.6. The number of nitrogens with one attached hydrogen (secondary N) is 1. The third-order valence-electron chi connectivity index (χ3n) is 7.02. The van der Waals surface area contributed by atoms with Crippen molar-refractivity contribution in [3.8, 4) is 11.5 Å². The summed E-state index contributed by atoms with van der Waals surface area (Å²) in [7, 11) is 0. The number of halogens is 3. The molecule has 0 aliphatic carbocycles. The highest BCUT2D eigenvalue weighted by Gasteiger charge is 2.30. The second kappa shape index (κ2) is 13.4. The molecule has 0 spiro atoms. The molecule has 4 rings (SSSR count). The maximum absolute atomic E-state index is 12.8. The van der Waals surface area contributed by atoms with Gasteiger partial charge in [0.25, 0.3) is 0 Å². The number of hydrogen-bond acceptors (Lipinski definition) is 5. The van der Waals surface area contributed by atoms with Crippen molar-refractivity contribution >= 4 is 56.9 Å². The van der Waals surface area contributed by atoms with E-state index in [1.54, 1.807) is 30.3 Å². The lowest BCUT2D eigenvalue weighted by atomic mass is 9.92. The van der Waals surface area contributed by atoms with Gasteiger partial charge in [0.05, 0.1) is 16.6 Å². The molecule has 2 aliphatic rings. The van der Waals surface area contributed by atoms with Gasteiger partial charge in [-0.3, -0.25) is 19.3 Å². The van der Waals surface area contributed by atoms with Gasteiger partial charge in [-0.2, -0.15) is 0 Å². The van der Waals surface area contributed by atoms with E-state index in [1.807, 2.05) is 11.0 Å². The fourth-order valence-corrected chi connectivity index (χ4v) is 5.73. The predicted octanol–water partition coefficient (Wildman–Crippen LogP) is 4.81. The largest absolute Gasteiger partial charge is 0.457 e. The van der Waals surface area contributed by atoms with Crippen LogP contribution in [0.15, 0.2) is 40.9 Å². The Bertz CT molecular complexity index is 1210. The number of amides is 3. The van der Waals surface area contributed by atoms with E-state index in [2.05, 4.69) is 40.0 Å². The SMILES string of the molecule is CC1CC(C)CN(C(=O)CN2CCN(C(=O)C(=O)NCc3ccc(Br)cc3Oc3ccc(Cl)c(Cl)c3)CC2)C1. The molecule has 39 heavy (non-hydrogen) atoms. The van der Waals surface area contributed by atoms with Crippen LogP contribution in [0.2, 0.25) is 10.0 Å². The molecule has 210 valence electrons. The number of rotatable bonds is 6. The minimum absolute atomic E-state index is 0.107. The fraction of sp³-hybridized carbons (Fsp3) is 0.464. The normalized spacial score (nSPS) is 20.0. The smallest absolute Gasteiger partial charge is 0.311 e. The van der Waals surface area contributed by atoms with Crippen molar-refractivity contribution in [1.29, 1.82) is 0 Å². The lowest BCUT2D eigenvalue weighted by Crippen LogP contribution is -2.55. The summed E-state index contributed by atoms with van der Waals surface area (Å²) in [5.41, 5.74) is 0.690. The minimum Gasteiger partial charge on any atom is -0.457 e. The molecular formula is C28H33BrCl2N4O4. The second-order valence-corrected chi connectivity index (χ2v) is 12.2. The summed E-state index contributed by atoms with van der Waals surface area (Å²) in [5, 5.41) is 3.49. The molecule has 2 aliphatic heterocycles. The van der Waals surface area contributed by atoms with Gasteiger partial charge in [-0.15, -0.1) is 0 Å². The van der Waals surface area contributed by atoms with E-state index in [0.29, 0.717) is 71.7 Å². The summed E-state index contributed by atoms with van der Waals surface area (Å²) in [5.74, 6) is 0.906. The van der Waals surface area contributed by atoms with Gasteiger partial charge in [-0.05, 0) is 42.5 Å². The van der Waals surface area contributed by atoms with Crippen LogP contribution in [0.4, 0.5) is 0 Å². The van der Waals surface area contributed by atoms with E-state index in [0.717, 1.165) is 24.0 Å². The molecule has 0 aromatic heterocycles. The zero-order valence-corrected chi connectivity index (χ0v) is 25.2. The van der Waals surface area contributed by atoms with Gasteiger partial charge in [0.15, 0.2) is 0 Å². The molecular weight excluding hydrogens is 607 g/mol. The molecule has 1 N–H and O–H groups in total. The zero-order valence-electron chi connectivity index (χ0n) is 22.1. The number of ether oxygens (including phenoxy) is 1. The molecule has 2 fully saturated rings. The Hall–Kier alpha value is -2.33. The molecule has 2 aromatic carbocycles. The van der Waals surface area contributed by atoms with Crippen LogP contribution in [-0.2, 0) is 20.9 Å². The number of benzene rings is 2. The average molecular weight is 640 g/mol. The highest BCUT2D eigenvalue weighted by Crippen LogP contribution is 2.32. The van der Waals surface area contributed by atoms with Crippen LogP contribution < -0.4 is 10.1 Å². The van der Waals surface area contributed by atoms with E-state index in [1.165, 1.54) is 4.90 Å². The topological polar surface area (TPSA) is 82.2 Å². The van der Waals surface area contributed by atoms with Gasteiger partial charge in [0.1, 0.15) is 11.5 Å². The van der Waals surface area contributed by atoms with Crippen molar-refractivity contribution in [3.05, 3.63) is 56.5 Å². The second-order valence-electron chi connectivity index (χ2n) is 10.4. The predicted molar refractivity (Wildman–Crippen MR) is 155 cm³/mol. The van der Waals surface area contributed by atoms with Crippen LogP contribution >= 0.6 is 39.1 Å². The lowest BCUT2D eigenvalue weighted by Gasteiger charge is -2.38. The zero-order chi connectivity index (χ0) is 28.1. The Kier molecular flexibility index (Phi) is 10.1. The minimum atomic E-state index is -0.681. The van der Waals surface area contributed by atoms with Crippen LogP contribution in [0.25, 0.3) is 0 Å². The number of piperidine rings is 1. The third kappa shape index (κ3) is 8.10. The fourth-order valence-electron chi connectivity index (χ4n) is 5.10. The summed E-state index contributed by atoms with van der Waals surface area (Å²) in [6.45, 7) is 8.34. The van der Waals surface area contributed by atoms with Crippen molar-refractivity contribution in [2.24, 2.45) is 11.8 Å². The van der Waals surface area contributed by atoms with Crippen molar-refractivity contribution in [2.45, 2.75) is 26.8 Å². The van der Waals surface area contributed by atoms with Gasteiger partial charge in [-0.1, -0.05) is 59.0 Å². The van der Waals surface area contributed by atoms with E-state index < -0.39 is 11.8 Å². The van der Waals surface area contributed by atoms with E-state index in [4.69, 9.17) is 27.9 Å². The maximum atomic E-state index is 12.8. The maximum Gasteiger partial charge on any atom is 0.311 e. The number of likely N-dealkylation sites (tertiary alicyclic amines) is 1. The molecule has 2 heterocycles. The van der Waals surface area contributed by atoms with Crippen molar-refractivity contribution in [3.63, 3.8) is 0 Å². The number of piperazine rings is 1. The first-order chi connectivity index (χ1) is 18.6. The third-order valence-corrected chi connectivity index (χ3v) is 8.25. The van der Waals surface area contributed by atoms with E-state index >= 15 is 0 Å². The molecule has 0 radical (unpaired) electrons. The van der Waals surface area contributed by atoms with Crippen molar-refractivity contribution in [1.82, 2.24) is 20.0 Å². The summed E-state index contributed by atoms with van der Waals surface area (Å²) in [6, 6.07) is 10.4. The standard InChI is InChI=1S/C28H33BrCl2N4O4/c1-18-11-19(2)16-35(15-18)26(36)17-33-7-9-34(10-8-33)28(38)27(37)32-14-20-3-4-21(29)12-25(20)39-22-5-6-23(30)24(31)13-22/h3-6,12-13,18-19H,7-11,14-17H2,1-2H3,(H,32,37). The highest BCUT2D eigenvalue weighted by atomic mass is 79.9. The molecule has 8 nitrogen and oxygen atoms in total. The van der Waals surface area contributed by atoms with E-state index in [-0.39, 0.29) is 12.5 Å². The molecule has 2 aromatic rings. The first-order valence-electron chi connectivity index (χ1n) is 13.1. The Morgan fingerprint density at radius 1 is 0.949 bits per heavy atom. The van der Waals surface area contributed by atoms with Crippen molar-refractivity contribution in [2.75, 3.05) is 45.8 Å². The van der Waals surface area contributed by atoms with Crippen LogP contribution in [0.5, 0.6) is 11.5 Å². The number of carbonyl (C=O) groups excluding carboxylic acids is 3. The number of hydrogen-bond donors (Lipinski definition) is 1.